The van der Waals surface area contributed by atoms with Gasteiger partial charge < -0.3 is 8.85 Å². The third kappa shape index (κ3) is 22.4. The fourth-order valence-corrected chi connectivity index (χ4v) is 8.64. The molecule has 0 aliphatic rings. The molecule has 0 unspecified atom stereocenters. The minimum Gasteiger partial charge on any atom is -0.394 e. The highest BCUT2D eigenvalue weighted by Crippen LogP contribution is 2.26. The standard InChI is InChI=1S/C30H64O2Si/c1-5-9-11-13-14-15-16-17-18-19-20-21-22-23-24-25-26-28-30-33(31-7-3,32-8-4)29-27-12-10-6-2/h5-30H2,1-4H3. The van der Waals surface area contributed by atoms with E-state index in [9.17, 15) is 0 Å². The van der Waals surface area contributed by atoms with Gasteiger partial charge in [0.15, 0.2) is 0 Å². The van der Waals surface area contributed by atoms with Crippen LogP contribution in [0.4, 0.5) is 0 Å². The Labute approximate surface area is 211 Å². The lowest BCUT2D eigenvalue weighted by Crippen LogP contribution is -2.42. The Hall–Kier alpha value is 0.137. The summed E-state index contributed by atoms with van der Waals surface area (Å²) in [5, 5.41) is 0. The van der Waals surface area contributed by atoms with Crippen molar-refractivity contribution in [1.82, 2.24) is 0 Å². The van der Waals surface area contributed by atoms with Gasteiger partial charge in [0, 0.05) is 13.2 Å². The lowest BCUT2D eigenvalue weighted by atomic mass is 10.0. The molecule has 0 aromatic carbocycles. The predicted octanol–water partition coefficient (Wildman–Crippen LogP) is 11.1. The van der Waals surface area contributed by atoms with Gasteiger partial charge in [-0.3, -0.25) is 0 Å². The van der Waals surface area contributed by atoms with Crippen molar-refractivity contribution < 1.29 is 8.85 Å². The maximum absolute atomic E-state index is 6.30. The molecule has 0 rings (SSSR count). The SMILES string of the molecule is CCCCCCCCCCCCCCCCCCCC[Si](CCCCCC)(OCC)OCC. The summed E-state index contributed by atoms with van der Waals surface area (Å²) in [6.07, 6.45) is 31.1. The van der Waals surface area contributed by atoms with E-state index in [0.717, 1.165) is 13.2 Å². The lowest BCUT2D eigenvalue weighted by molar-refractivity contribution is 0.180. The van der Waals surface area contributed by atoms with Crippen molar-refractivity contribution in [3.63, 3.8) is 0 Å². The third-order valence-electron chi connectivity index (χ3n) is 7.14. The van der Waals surface area contributed by atoms with Crippen molar-refractivity contribution in [2.24, 2.45) is 0 Å². The van der Waals surface area contributed by atoms with E-state index < -0.39 is 8.56 Å². The van der Waals surface area contributed by atoms with Crippen LogP contribution in [0.5, 0.6) is 0 Å². The molecule has 0 aromatic rings. The lowest BCUT2D eigenvalue weighted by Gasteiger charge is -2.30. The zero-order chi connectivity index (χ0) is 24.3. The molecular formula is C30H64O2Si. The Bertz CT molecular complexity index is 355. The van der Waals surface area contributed by atoms with Gasteiger partial charge in [-0.25, -0.2) is 0 Å². The fourth-order valence-electron chi connectivity index (χ4n) is 5.10. The molecular weight excluding hydrogens is 420 g/mol. The van der Waals surface area contributed by atoms with Crippen LogP contribution in [0.25, 0.3) is 0 Å². The van der Waals surface area contributed by atoms with Crippen LogP contribution in [0, 0.1) is 0 Å². The second-order valence-corrected chi connectivity index (χ2v) is 13.7. The van der Waals surface area contributed by atoms with Crippen LogP contribution in [0.1, 0.15) is 169 Å². The van der Waals surface area contributed by atoms with Gasteiger partial charge >= 0.3 is 8.56 Å². The molecule has 0 aliphatic heterocycles. The van der Waals surface area contributed by atoms with Crippen LogP contribution in [0.3, 0.4) is 0 Å². The van der Waals surface area contributed by atoms with E-state index in [2.05, 4.69) is 27.7 Å². The average molecular weight is 485 g/mol. The molecule has 0 bridgehead atoms. The Morgan fingerprint density at radius 1 is 0.333 bits per heavy atom. The first-order chi connectivity index (χ1) is 16.2. The van der Waals surface area contributed by atoms with Crippen molar-refractivity contribution in [3.05, 3.63) is 0 Å². The molecule has 33 heavy (non-hydrogen) atoms. The summed E-state index contributed by atoms with van der Waals surface area (Å²) in [4.78, 5) is 0. The summed E-state index contributed by atoms with van der Waals surface area (Å²) in [6.45, 7) is 10.5. The number of rotatable bonds is 28. The summed E-state index contributed by atoms with van der Waals surface area (Å²) in [7, 11) is -1.96. The minimum absolute atomic E-state index is 0.818. The number of hydrogen-bond acceptors (Lipinski definition) is 2. The first-order valence-electron chi connectivity index (χ1n) is 15.5. The van der Waals surface area contributed by atoms with Crippen molar-refractivity contribution in [1.29, 1.82) is 0 Å². The number of unbranched alkanes of at least 4 members (excludes halogenated alkanes) is 20. The van der Waals surface area contributed by atoms with Crippen LogP contribution < -0.4 is 0 Å². The maximum Gasteiger partial charge on any atom is 0.338 e. The van der Waals surface area contributed by atoms with Gasteiger partial charge in [-0.1, -0.05) is 155 Å². The Kier molecular flexibility index (Phi) is 26.8. The molecule has 3 heteroatoms. The van der Waals surface area contributed by atoms with E-state index in [1.807, 2.05) is 0 Å². The predicted molar refractivity (Wildman–Crippen MR) is 152 cm³/mol. The molecule has 2 nitrogen and oxygen atoms in total. The largest absolute Gasteiger partial charge is 0.394 e. The van der Waals surface area contributed by atoms with Crippen molar-refractivity contribution in [2.45, 2.75) is 181 Å². The number of hydrogen-bond donors (Lipinski definition) is 0. The van der Waals surface area contributed by atoms with Gasteiger partial charge in [0.1, 0.15) is 0 Å². The highest BCUT2D eigenvalue weighted by Gasteiger charge is 2.35. The van der Waals surface area contributed by atoms with Gasteiger partial charge in [-0.2, -0.15) is 0 Å². The smallest absolute Gasteiger partial charge is 0.338 e. The second-order valence-electron chi connectivity index (χ2n) is 10.3. The second kappa shape index (κ2) is 26.7. The van der Waals surface area contributed by atoms with Crippen molar-refractivity contribution in [3.8, 4) is 0 Å². The molecule has 0 saturated heterocycles. The summed E-state index contributed by atoms with van der Waals surface area (Å²) < 4.78 is 12.6. The first kappa shape index (κ1) is 33.1. The van der Waals surface area contributed by atoms with Crippen LogP contribution in [0.15, 0.2) is 0 Å². The van der Waals surface area contributed by atoms with Gasteiger partial charge in [0.2, 0.25) is 0 Å². The molecule has 0 spiro atoms. The van der Waals surface area contributed by atoms with Crippen molar-refractivity contribution in [2.75, 3.05) is 13.2 Å². The van der Waals surface area contributed by atoms with E-state index in [1.54, 1.807) is 0 Å². The summed E-state index contributed by atoms with van der Waals surface area (Å²) in [5.74, 6) is 0. The molecule has 200 valence electrons. The van der Waals surface area contributed by atoms with Gasteiger partial charge in [-0.15, -0.1) is 0 Å². The monoisotopic (exact) mass is 484 g/mol. The molecule has 0 saturated carbocycles. The third-order valence-corrected chi connectivity index (χ3v) is 11.0. The van der Waals surface area contributed by atoms with Crippen LogP contribution in [0.2, 0.25) is 12.1 Å². The van der Waals surface area contributed by atoms with E-state index >= 15 is 0 Å². The molecule has 0 radical (unpaired) electrons. The Balaban J connectivity index is 3.58. The zero-order valence-electron chi connectivity index (χ0n) is 23.7. The first-order valence-corrected chi connectivity index (χ1v) is 17.8. The molecule has 0 aliphatic carbocycles. The molecule has 0 fully saturated rings. The minimum atomic E-state index is -1.96. The highest BCUT2D eigenvalue weighted by atomic mass is 28.4. The van der Waals surface area contributed by atoms with Gasteiger partial charge in [-0.05, 0) is 25.9 Å². The summed E-state index contributed by atoms with van der Waals surface area (Å²) in [5.41, 5.74) is 0. The zero-order valence-corrected chi connectivity index (χ0v) is 24.7. The summed E-state index contributed by atoms with van der Waals surface area (Å²) in [6, 6.07) is 2.41. The van der Waals surface area contributed by atoms with E-state index in [0.29, 0.717) is 0 Å². The van der Waals surface area contributed by atoms with Gasteiger partial charge in [0.25, 0.3) is 0 Å². The van der Waals surface area contributed by atoms with E-state index in [-0.39, 0.29) is 0 Å². The Morgan fingerprint density at radius 3 is 0.848 bits per heavy atom. The molecule has 0 heterocycles. The molecule has 0 amide bonds. The fraction of sp³-hybridized carbons (Fsp3) is 1.00. The van der Waals surface area contributed by atoms with Crippen LogP contribution >= 0.6 is 0 Å². The average Bonchev–Trinajstić information content (AvgIpc) is 2.81. The molecule has 0 atom stereocenters. The molecule has 0 N–H and O–H groups in total. The Morgan fingerprint density at radius 2 is 0.576 bits per heavy atom. The van der Waals surface area contributed by atoms with E-state index in [4.69, 9.17) is 8.85 Å². The van der Waals surface area contributed by atoms with Crippen LogP contribution in [-0.4, -0.2) is 21.8 Å². The van der Waals surface area contributed by atoms with Gasteiger partial charge in [0.05, 0.1) is 0 Å². The quantitative estimate of drug-likeness (QED) is 0.0811. The maximum atomic E-state index is 6.30. The summed E-state index contributed by atoms with van der Waals surface area (Å²) >= 11 is 0. The van der Waals surface area contributed by atoms with Crippen LogP contribution in [-0.2, 0) is 8.85 Å². The highest BCUT2D eigenvalue weighted by molar-refractivity contribution is 6.67. The normalized spacial score (nSPS) is 12.0. The topological polar surface area (TPSA) is 18.5 Å². The van der Waals surface area contributed by atoms with E-state index in [1.165, 1.54) is 153 Å². The molecule has 0 aromatic heterocycles. The van der Waals surface area contributed by atoms with Crippen molar-refractivity contribution >= 4 is 8.56 Å².